The highest BCUT2D eigenvalue weighted by molar-refractivity contribution is 5.95. The van der Waals surface area contributed by atoms with Gasteiger partial charge in [0.1, 0.15) is 13.2 Å². The maximum atomic E-state index is 12.5. The zero-order valence-corrected chi connectivity index (χ0v) is 13.8. The number of carbonyl (C=O) groups is 2. The summed E-state index contributed by atoms with van der Waals surface area (Å²) in [6.07, 6.45) is 1.66. The zero-order valence-electron chi connectivity index (χ0n) is 13.8. The third-order valence-electron chi connectivity index (χ3n) is 4.59. The number of amides is 2. The predicted molar refractivity (Wildman–Crippen MR) is 89.0 cm³/mol. The third kappa shape index (κ3) is 3.62. The van der Waals surface area contributed by atoms with Gasteiger partial charge in [-0.1, -0.05) is 0 Å². The van der Waals surface area contributed by atoms with Gasteiger partial charge in [-0.15, -0.1) is 0 Å². The van der Waals surface area contributed by atoms with Gasteiger partial charge in [0.2, 0.25) is 11.8 Å². The Morgan fingerprint density at radius 1 is 1.29 bits per heavy atom. The number of nitrogens with two attached hydrogens (primary N) is 1. The van der Waals surface area contributed by atoms with Gasteiger partial charge in [0.25, 0.3) is 0 Å². The lowest BCUT2D eigenvalue weighted by atomic mass is 9.96. The van der Waals surface area contributed by atoms with E-state index in [1.165, 1.54) is 0 Å². The number of ether oxygens (including phenoxy) is 2. The summed E-state index contributed by atoms with van der Waals surface area (Å²) in [5, 5.41) is 2.90. The van der Waals surface area contributed by atoms with Gasteiger partial charge >= 0.3 is 0 Å². The Morgan fingerprint density at radius 2 is 2.04 bits per heavy atom. The molecule has 1 saturated heterocycles. The van der Waals surface area contributed by atoms with Crippen LogP contribution >= 0.6 is 0 Å². The molecule has 0 unspecified atom stereocenters. The average molecular weight is 333 g/mol. The van der Waals surface area contributed by atoms with E-state index in [0.717, 1.165) is 19.4 Å². The van der Waals surface area contributed by atoms with Crippen LogP contribution in [0.4, 0.5) is 5.69 Å². The van der Waals surface area contributed by atoms with Gasteiger partial charge in [-0.05, 0) is 38.4 Å². The first-order chi connectivity index (χ1) is 11.5. The van der Waals surface area contributed by atoms with Gasteiger partial charge < -0.3 is 20.5 Å². The van der Waals surface area contributed by atoms with Crippen molar-refractivity contribution in [2.24, 2.45) is 11.7 Å². The molecular weight excluding hydrogens is 310 g/mol. The first-order valence-corrected chi connectivity index (χ1v) is 8.28. The van der Waals surface area contributed by atoms with Crippen LogP contribution in [0.3, 0.4) is 0 Å². The van der Waals surface area contributed by atoms with Gasteiger partial charge in [0.05, 0.1) is 12.0 Å². The fourth-order valence-electron chi connectivity index (χ4n) is 3.12. The maximum Gasteiger partial charge on any atom is 0.241 e. The minimum atomic E-state index is -0.333. The van der Waals surface area contributed by atoms with Crippen molar-refractivity contribution in [3.63, 3.8) is 0 Å². The molecule has 0 aliphatic carbocycles. The van der Waals surface area contributed by atoms with Crippen molar-refractivity contribution in [1.29, 1.82) is 0 Å². The summed E-state index contributed by atoms with van der Waals surface area (Å²) in [7, 11) is 0. The van der Waals surface area contributed by atoms with Gasteiger partial charge in [0.15, 0.2) is 11.5 Å². The Bertz CT molecular complexity index is 634. The minimum Gasteiger partial charge on any atom is -0.486 e. The third-order valence-corrected chi connectivity index (χ3v) is 4.59. The van der Waals surface area contributed by atoms with E-state index in [1.807, 2.05) is 11.8 Å². The van der Waals surface area contributed by atoms with Crippen LogP contribution in [0.25, 0.3) is 0 Å². The van der Waals surface area contributed by atoms with Gasteiger partial charge in [0, 0.05) is 18.3 Å². The zero-order chi connectivity index (χ0) is 17.1. The molecule has 1 fully saturated rings. The normalized spacial score (nSPS) is 21.8. The van der Waals surface area contributed by atoms with Crippen molar-refractivity contribution in [2.75, 3.05) is 31.6 Å². The van der Waals surface area contributed by atoms with Crippen molar-refractivity contribution in [1.82, 2.24) is 4.90 Å². The monoisotopic (exact) mass is 333 g/mol. The number of nitrogens with zero attached hydrogens (tertiary/aromatic N) is 1. The highest BCUT2D eigenvalue weighted by Crippen LogP contribution is 2.32. The second-order valence-corrected chi connectivity index (χ2v) is 6.26. The molecule has 24 heavy (non-hydrogen) atoms. The summed E-state index contributed by atoms with van der Waals surface area (Å²) in [5.74, 6) is 0.741. The number of piperidine rings is 1. The molecular formula is C17H23N3O4. The maximum absolute atomic E-state index is 12.5. The molecule has 2 aliphatic heterocycles. The lowest BCUT2D eigenvalue weighted by Crippen LogP contribution is -2.49. The average Bonchev–Trinajstić information content (AvgIpc) is 2.61. The lowest BCUT2D eigenvalue weighted by molar-refractivity contribution is -0.127. The number of anilines is 1. The van der Waals surface area contributed by atoms with E-state index in [2.05, 4.69) is 5.32 Å². The molecule has 2 aliphatic rings. The predicted octanol–water partition coefficient (Wildman–Crippen LogP) is 0.982. The minimum absolute atomic E-state index is 0.114. The van der Waals surface area contributed by atoms with Crippen LogP contribution in [0.5, 0.6) is 11.5 Å². The van der Waals surface area contributed by atoms with Crippen molar-refractivity contribution in [2.45, 2.75) is 25.8 Å². The van der Waals surface area contributed by atoms with Gasteiger partial charge in [-0.3, -0.25) is 14.5 Å². The molecule has 3 N–H and O–H groups in total. The molecule has 0 aromatic heterocycles. The van der Waals surface area contributed by atoms with E-state index in [0.29, 0.717) is 36.9 Å². The Morgan fingerprint density at radius 3 is 2.79 bits per heavy atom. The molecule has 1 aromatic rings. The smallest absolute Gasteiger partial charge is 0.241 e. The Balaban J connectivity index is 1.62. The van der Waals surface area contributed by atoms with Crippen molar-refractivity contribution in [3.8, 4) is 11.5 Å². The second kappa shape index (κ2) is 7.09. The summed E-state index contributed by atoms with van der Waals surface area (Å²) < 4.78 is 11.0. The molecule has 2 atom stereocenters. The Kier molecular flexibility index (Phi) is 4.89. The molecule has 0 radical (unpaired) electrons. The van der Waals surface area contributed by atoms with Crippen molar-refractivity contribution < 1.29 is 19.1 Å². The topological polar surface area (TPSA) is 93.9 Å². The van der Waals surface area contributed by atoms with Crippen LogP contribution in [0, 0.1) is 5.92 Å². The van der Waals surface area contributed by atoms with E-state index in [1.54, 1.807) is 18.2 Å². The fraction of sp³-hybridized carbons (Fsp3) is 0.529. The summed E-state index contributed by atoms with van der Waals surface area (Å²) in [5.41, 5.74) is 6.07. The molecule has 7 nitrogen and oxygen atoms in total. The first-order valence-electron chi connectivity index (χ1n) is 8.28. The Labute approximate surface area is 141 Å². The van der Waals surface area contributed by atoms with Crippen molar-refractivity contribution >= 4 is 17.5 Å². The summed E-state index contributed by atoms with van der Waals surface area (Å²) in [6, 6.07) is 5.02. The SMILES string of the molecule is C[C@@H](C(=O)Nc1ccc2c(c1)OCCO2)N1CCC[C@H](C(N)=O)C1. The highest BCUT2D eigenvalue weighted by atomic mass is 16.6. The molecule has 2 amide bonds. The number of primary amides is 1. The summed E-state index contributed by atoms with van der Waals surface area (Å²) in [4.78, 5) is 25.9. The standard InChI is InChI=1S/C17H23N3O4/c1-11(20-6-2-3-12(10-20)16(18)21)17(22)19-13-4-5-14-15(9-13)24-8-7-23-14/h4-5,9,11-12H,2-3,6-8,10H2,1H3,(H2,18,21)(H,19,22)/t11-,12-/m0/s1. The number of fused-ring (bicyclic) bond motifs is 1. The molecule has 0 saturated carbocycles. The second-order valence-electron chi connectivity index (χ2n) is 6.26. The number of hydrogen-bond donors (Lipinski definition) is 2. The number of likely N-dealkylation sites (tertiary alicyclic amines) is 1. The van der Waals surface area contributed by atoms with E-state index in [9.17, 15) is 9.59 Å². The van der Waals surface area contributed by atoms with Gasteiger partial charge in [-0.2, -0.15) is 0 Å². The molecule has 2 heterocycles. The van der Waals surface area contributed by atoms with E-state index < -0.39 is 0 Å². The largest absolute Gasteiger partial charge is 0.486 e. The molecule has 1 aromatic carbocycles. The van der Waals surface area contributed by atoms with Crippen LogP contribution in [-0.2, 0) is 9.59 Å². The number of benzene rings is 1. The number of rotatable bonds is 4. The van der Waals surface area contributed by atoms with E-state index in [-0.39, 0.29) is 23.8 Å². The van der Waals surface area contributed by atoms with E-state index >= 15 is 0 Å². The number of nitrogens with one attached hydrogen (secondary N) is 1. The van der Waals surface area contributed by atoms with Crippen LogP contribution in [0.2, 0.25) is 0 Å². The van der Waals surface area contributed by atoms with Crippen LogP contribution in [0.1, 0.15) is 19.8 Å². The number of hydrogen-bond acceptors (Lipinski definition) is 5. The van der Waals surface area contributed by atoms with Crippen molar-refractivity contribution in [3.05, 3.63) is 18.2 Å². The quantitative estimate of drug-likeness (QED) is 0.857. The Hall–Kier alpha value is -2.28. The van der Waals surface area contributed by atoms with Crippen LogP contribution in [-0.4, -0.2) is 49.1 Å². The fourth-order valence-corrected chi connectivity index (χ4v) is 3.12. The molecule has 7 heteroatoms. The van der Waals surface area contributed by atoms with Gasteiger partial charge in [-0.25, -0.2) is 0 Å². The molecule has 130 valence electrons. The van der Waals surface area contributed by atoms with Crippen LogP contribution < -0.4 is 20.5 Å². The molecule has 0 spiro atoms. The number of carbonyl (C=O) groups excluding carboxylic acids is 2. The lowest BCUT2D eigenvalue weighted by Gasteiger charge is -2.34. The summed E-state index contributed by atoms with van der Waals surface area (Å²) in [6.45, 7) is 4.20. The first kappa shape index (κ1) is 16.6. The molecule has 3 rings (SSSR count). The summed E-state index contributed by atoms with van der Waals surface area (Å²) >= 11 is 0. The van der Waals surface area contributed by atoms with E-state index in [4.69, 9.17) is 15.2 Å². The highest BCUT2D eigenvalue weighted by Gasteiger charge is 2.29. The van der Waals surface area contributed by atoms with Crippen LogP contribution in [0.15, 0.2) is 18.2 Å². The molecule has 0 bridgehead atoms.